The van der Waals surface area contributed by atoms with Gasteiger partial charge in [0.1, 0.15) is 0 Å². The number of aryl methyl sites for hydroxylation is 1. The van der Waals surface area contributed by atoms with Gasteiger partial charge in [0.25, 0.3) is 0 Å². The molecular weight excluding hydrogens is 300 g/mol. The molecule has 1 saturated carbocycles. The first-order valence-electron chi connectivity index (χ1n) is 9.74. The Bertz CT molecular complexity index is 582. The van der Waals surface area contributed by atoms with Gasteiger partial charge < -0.3 is 4.90 Å². The molecular formula is C19H30N4O. The van der Waals surface area contributed by atoms with E-state index in [0.29, 0.717) is 24.5 Å². The van der Waals surface area contributed by atoms with Gasteiger partial charge in [-0.2, -0.15) is 5.10 Å². The lowest BCUT2D eigenvalue weighted by molar-refractivity contribution is -0.139. The summed E-state index contributed by atoms with van der Waals surface area (Å²) in [6.45, 7) is 2.60. The lowest BCUT2D eigenvalue weighted by atomic mass is 9.78. The van der Waals surface area contributed by atoms with Gasteiger partial charge in [-0.05, 0) is 51.0 Å². The molecule has 2 aliphatic heterocycles. The van der Waals surface area contributed by atoms with E-state index in [-0.39, 0.29) is 0 Å². The van der Waals surface area contributed by atoms with Crippen molar-refractivity contribution in [1.29, 1.82) is 0 Å². The summed E-state index contributed by atoms with van der Waals surface area (Å²) in [6, 6.07) is 0.897. The van der Waals surface area contributed by atoms with Gasteiger partial charge in [0.05, 0.1) is 12.7 Å². The van der Waals surface area contributed by atoms with Crippen LogP contribution in [0, 0.1) is 5.92 Å². The zero-order valence-corrected chi connectivity index (χ0v) is 14.9. The van der Waals surface area contributed by atoms with Crippen LogP contribution in [0.1, 0.15) is 63.0 Å². The van der Waals surface area contributed by atoms with E-state index in [9.17, 15) is 4.79 Å². The number of carbonyl (C=O) groups is 1. The van der Waals surface area contributed by atoms with Gasteiger partial charge >= 0.3 is 0 Å². The van der Waals surface area contributed by atoms with E-state index in [1.807, 2.05) is 17.9 Å². The molecule has 1 aromatic heterocycles. The molecule has 0 aromatic carbocycles. The maximum Gasteiger partial charge on any atom is 0.237 e. The molecule has 0 N–H and O–H groups in total. The topological polar surface area (TPSA) is 41.4 Å². The van der Waals surface area contributed by atoms with E-state index >= 15 is 0 Å². The van der Waals surface area contributed by atoms with E-state index < -0.39 is 0 Å². The van der Waals surface area contributed by atoms with Crippen molar-refractivity contribution in [1.82, 2.24) is 19.6 Å². The van der Waals surface area contributed by atoms with Gasteiger partial charge in [-0.1, -0.05) is 12.8 Å². The lowest BCUT2D eigenvalue weighted by Crippen LogP contribution is -2.52. The van der Waals surface area contributed by atoms with Gasteiger partial charge in [0, 0.05) is 37.4 Å². The monoisotopic (exact) mass is 330 g/mol. The molecule has 1 amide bonds. The third kappa shape index (κ3) is 3.10. The second-order valence-corrected chi connectivity index (χ2v) is 7.92. The summed E-state index contributed by atoms with van der Waals surface area (Å²) in [6.07, 6.45) is 14.1. The van der Waals surface area contributed by atoms with E-state index in [4.69, 9.17) is 0 Å². The summed E-state index contributed by atoms with van der Waals surface area (Å²) in [5.41, 5.74) is 1.26. The first kappa shape index (κ1) is 16.1. The van der Waals surface area contributed by atoms with Gasteiger partial charge in [-0.15, -0.1) is 0 Å². The minimum Gasteiger partial charge on any atom is -0.338 e. The minimum absolute atomic E-state index is 0.363. The Morgan fingerprint density at radius 3 is 2.75 bits per heavy atom. The van der Waals surface area contributed by atoms with Crippen LogP contribution in [-0.2, 0) is 11.8 Å². The Kier molecular flexibility index (Phi) is 4.61. The summed E-state index contributed by atoms with van der Waals surface area (Å²) in [5.74, 6) is 1.13. The number of hydrogen-bond donors (Lipinski definition) is 0. The zero-order valence-electron chi connectivity index (χ0n) is 14.9. The SMILES string of the molecule is Cn1cc([C@@H]2CCCN2CC(=O)N2CCC[C@@H]3CCCC[C@H]32)cn1. The maximum atomic E-state index is 13.1. The zero-order chi connectivity index (χ0) is 16.5. The van der Waals surface area contributed by atoms with Crippen molar-refractivity contribution < 1.29 is 4.79 Å². The van der Waals surface area contributed by atoms with Gasteiger partial charge in [0.15, 0.2) is 0 Å². The quantitative estimate of drug-likeness (QED) is 0.856. The number of rotatable bonds is 3. The molecule has 0 spiro atoms. The molecule has 5 nitrogen and oxygen atoms in total. The molecule has 0 radical (unpaired) electrons. The standard InChI is InChI=1S/C19H30N4O/c1-21-13-16(12-20-21)17-9-5-10-22(17)14-19(24)23-11-4-7-15-6-2-3-8-18(15)23/h12-13,15,17-18H,2-11,14H2,1H3/t15-,17-,18+/m0/s1. The van der Waals surface area contributed by atoms with Crippen molar-refractivity contribution in [2.45, 2.75) is 63.5 Å². The summed E-state index contributed by atoms with van der Waals surface area (Å²) in [7, 11) is 1.96. The van der Waals surface area contributed by atoms with E-state index in [1.54, 1.807) is 0 Å². The number of aromatic nitrogens is 2. The maximum absolute atomic E-state index is 13.1. The van der Waals surface area contributed by atoms with Crippen molar-refractivity contribution in [3.05, 3.63) is 18.0 Å². The lowest BCUT2D eigenvalue weighted by Gasteiger charge is -2.44. The average Bonchev–Trinajstić information content (AvgIpc) is 3.23. The highest BCUT2D eigenvalue weighted by Crippen LogP contribution is 2.36. The molecule has 3 heterocycles. The molecule has 5 heteroatoms. The number of carbonyl (C=O) groups excluding carboxylic acids is 1. The predicted octanol–water partition coefficient (Wildman–Crippen LogP) is 2.74. The predicted molar refractivity (Wildman–Crippen MR) is 93.4 cm³/mol. The first-order valence-corrected chi connectivity index (χ1v) is 9.74. The molecule has 132 valence electrons. The number of nitrogens with zero attached hydrogens (tertiary/aromatic N) is 4. The fourth-order valence-corrected chi connectivity index (χ4v) is 5.20. The van der Waals surface area contributed by atoms with Crippen LogP contribution in [-0.4, -0.2) is 51.2 Å². The molecule has 2 saturated heterocycles. The summed E-state index contributed by atoms with van der Waals surface area (Å²) >= 11 is 0. The Balaban J connectivity index is 1.43. The number of amides is 1. The molecule has 24 heavy (non-hydrogen) atoms. The van der Waals surface area contributed by atoms with Crippen LogP contribution < -0.4 is 0 Å². The second kappa shape index (κ2) is 6.87. The van der Waals surface area contributed by atoms with Crippen molar-refractivity contribution >= 4 is 5.91 Å². The Hall–Kier alpha value is -1.36. The Morgan fingerprint density at radius 1 is 1.12 bits per heavy atom. The van der Waals surface area contributed by atoms with Crippen LogP contribution in [0.15, 0.2) is 12.4 Å². The van der Waals surface area contributed by atoms with Gasteiger partial charge in [0.2, 0.25) is 5.91 Å². The van der Waals surface area contributed by atoms with Crippen molar-refractivity contribution in [3.8, 4) is 0 Å². The van der Waals surface area contributed by atoms with Crippen molar-refractivity contribution in [2.24, 2.45) is 13.0 Å². The second-order valence-electron chi connectivity index (χ2n) is 7.92. The molecule has 1 aromatic rings. The average molecular weight is 330 g/mol. The molecule has 0 bridgehead atoms. The number of hydrogen-bond acceptors (Lipinski definition) is 3. The highest BCUT2D eigenvalue weighted by atomic mass is 16.2. The molecule has 0 unspecified atom stereocenters. The smallest absolute Gasteiger partial charge is 0.237 e. The van der Waals surface area contributed by atoms with Crippen LogP contribution in [0.25, 0.3) is 0 Å². The van der Waals surface area contributed by atoms with Crippen LogP contribution in [0.4, 0.5) is 0 Å². The summed E-state index contributed by atoms with van der Waals surface area (Å²) < 4.78 is 1.87. The van der Waals surface area contributed by atoms with Crippen LogP contribution in [0.3, 0.4) is 0 Å². The summed E-state index contributed by atoms with van der Waals surface area (Å²) in [4.78, 5) is 17.7. The number of piperidine rings is 1. The molecule has 4 rings (SSSR count). The van der Waals surface area contributed by atoms with E-state index in [1.165, 1.54) is 50.5 Å². The van der Waals surface area contributed by atoms with Crippen molar-refractivity contribution in [3.63, 3.8) is 0 Å². The molecule has 1 aliphatic carbocycles. The van der Waals surface area contributed by atoms with Crippen LogP contribution in [0.5, 0.6) is 0 Å². The largest absolute Gasteiger partial charge is 0.338 e. The minimum atomic E-state index is 0.363. The fraction of sp³-hybridized carbons (Fsp3) is 0.789. The highest BCUT2D eigenvalue weighted by Gasteiger charge is 2.37. The molecule has 3 fully saturated rings. The van der Waals surface area contributed by atoms with Gasteiger partial charge in [-0.25, -0.2) is 0 Å². The molecule has 3 atom stereocenters. The van der Waals surface area contributed by atoms with Crippen molar-refractivity contribution in [2.75, 3.05) is 19.6 Å². The van der Waals surface area contributed by atoms with Gasteiger partial charge in [-0.3, -0.25) is 14.4 Å². The third-order valence-corrected chi connectivity index (χ3v) is 6.38. The third-order valence-electron chi connectivity index (χ3n) is 6.38. The van der Waals surface area contributed by atoms with E-state index in [2.05, 4.69) is 21.1 Å². The first-order chi connectivity index (χ1) is 11.7. The fourth-order valence-electron chi connectivity index (χ4n) is 5.20. The van der Waals surface area contributed by atoms with Crippen LogP contribution in [0.2, 0.25) is 0 Å². The summed E-state index contributed by atoms with van der Waals surface area (Å²) in [5, 5.41) is 4.31. The number of likely N-dealkylation sites (tertiary alicyclic amines) is 2. The normalized spacial score (nSPS) is 31.2. The van der Waals surface area contributed by atoms with Crippen LogP contribution >= 0.6 is 0 Å². The Morgan fingerprint density at radius 2 is 1.92 bits per heavy atom. The van der Waals surface area contributed by atoms with E-state index in [0.717, 1.165) is 25.4 Å². The number of fused-ring (bicyclic) bond motifs is 1. The highest BCUT2D eigenvalue weighted by molar-refractivity contribution is 5.79. The Labute approximate surface area is 145 Å². The molecule has 3 aliphatic rings.